The van der Waals surface area contributed by atoms with Gasteiger partial charge in [0.2, 0.25) is 0 Å². The number of hydrogen-bond acceptors (Lipinski definition) is 3. The van der Waals surface area contributed by atoms with Gasteiger partial charge in [-0.2, -0.15) is 13.2 Å². The topological polar surface area (TPSA) is 38.3 Å². The Morgan fingerprint density at radius 1 is 0.957 bits per heavy atom. The molecule has 0 aliphatic heterocycles. The fourth-order valence-corrected chi connectivity index (χ4v) is 2.04. The van der Waals surface area contributed by atoms with Gasteiger partial charge in [0.1, 0.15) is 0 Å². The number of methoxy groups -OCH3 is 1. The molecule has 122 valence electrons. The van der Waals surface area contributed by atoms with Gasteiger partial charge in [-0.3, -0.25) is 0 Å². The second-order valence-corrected chi connectivity index (χ2v) is 4.99. The van der Waals surface area contributed by atoms with Gasteiger partial charge in [-0.15, -0.1) is 0 Å². The summed E-state index contributed by atoms with van der Waals surface area (Å²) in [5.41, 5.74) is 1.55. The average molecular weight is 323 g/mol. The van der Waals surface area contributed by atoms with Gasteiger partial charge in [0.25, 0.3) is 0 Å². The van der Waals surface area contributed by atoms with E-state index < -0.39 is 17.7 Å². The van der Waals surface area contributed by atoms with E-state index in [9.17, 15) is 18.0 Å². The molecule has 23 heavy (non-hydrogen) atoms. The first-order valence-corrected chi connectivity index (χ1v) is 6.94. The number of esters is 1. The number of ether oxygens (including phenoxy) is 1. The monoisotopic (exact) mass is 323 g/mol. The number of carbonyl (C=O) groups is 1. The van der Waals surface area contributed by atoms with Crippen molar-refractivity contribution >= 4 is 5.97 Å². The highest BCUT2D eigenvalue weighted by Gasteiger charge is 2.29. The Bertz CT molecular complexity index is 649. The van der Waals surface area contributed by atoms with Crippen LogP contribution >= 0.6 is 0 Å². The summed E-state index contributed by atoms with van der Waals surface area (Å²) in [5.74, 6) is -0.394. The van der Waals surface area contributed by atoms with Gasteiger partial charge >= 0.3 is 12.1 Å². The number of halogens is 3. The second-order valence-electron chi connectivity index (χ2n) is 4.99. The maximum absolute atomic E-state index is 12.5. The van der Waals surface area contributed by atoms with Crippen molar-refractivity contribution in [1.29, 1.82) is 0 Å². The molecule has 1 N–H and O–H groups in total. The van der Waals surface area contributed by atoms with Crippen molar-refractivity contribution in [3.63, 3.8) is 0 Å². The molecule has 0 amide bonds. The summed E-state index contributed by atoms with van der Waals surface area (Å²) in [6.07, 6.45) is -4.31. The molecule has 0 aromatic heterocycles. The van der Waals surface area contributed by atoms with Crippen LogP contribution in [0.4, 0.5) is 13.2 Å². The van der Waals surface area contributed by atoms with Crippen LogP contribution in [0.2, 0.25) is 0 Å². The molecule has 0 atom stereocenters. The molecule has 0 radical (unpaired) electrons. The Labute approximate surface area is 132 Å². The SMILES string of the molecule is COC(=O)c1ccc(CNCc2ccc(C(F)(F)F)cc2)cc1. The minimum absolute atomic E-state index is 0.394. The fraction of sp³-hybridized carbons (Fsp3) is 0.235. The summed E-state index contributed by atoms with van der Waals surface area (Å²) >= 11 is 0. The van der Waals surface area contributed by atoms with Crippen LogP contribution in [0.1, 0.15) is 27.0 Å². The average Bonchev–Trinajstić information content (AvgIpc) is 2.54. The predicted molar refractivity (Wildman–Crippen MR) is 79.8 cm³/mol. The first-order valence-electron chi connectivity index (χ1n) is 6.94. The minimum atomic E-state index is -4.31. The standard InChI is InChI=1S/C17H16F3NO2/c1-23-16(22)14-6-2-12(3-7-14)10-21-11-13-4-8-15(9-5-13)17(18,19)20/h2-9,21H,10-11H2,1H3. The van der Waals surface area contributed by atoms with Crippen molar-refractivity contribution in [1.82, 2.24) is 5.32 Å². The molecule has 0 aliphatic rings. The summed E-state index contributed by atoms with van der Waals surface area (Å²) < 4.78 is 42.0. The molecule has 0 bridgehead atoms. The Morgan fingerprint density at radius 2 is 1.43 bits per heavy atom. The molecule has 2 rings (SSSR count). The molecule has 6 heteroatoms. The molecule has 0 fully saturated rings. The Hall–Kier alpha value is -2.34. The van der Waals surface area contributed by atoms with Crippen LogP contribution in [-0.2, 0) is 24.0 Å². The number of hydrogen-bond donors (Lipinski definition) is 1. The maximum Gasteiger partial charge on any atom is 0.416 e. The third-order valence-corrected chi connectivity index (χ3v) is 3.31. The molecule has 2 aromatic rings. The number of benzene rings is 2. The summed E-state index contributed by atoms with van der Waals surface area (Å²) in [5, 5.41) is 3.14. The van der Waals surface area contributed by atoms with E-state index in [2.05, 4.69) is 10.1 Å². The molecule has 0 spiro atoms. The van der Waals surface area contributed by atoms with Crippen molar-refractivity contribution in [2.24, 2.45) is 0 Å². The maximum atomic E-state index is 12.5. The summed E-state index contributed by atoms with van der Waals surface area (Å²) in [7, 11) is 1.32. The summed E-state index contributed by atoms with van der Waals surface area (Å²) in [6.45, 7) is 0.999. The summed E-state index contributed by atoms with van der Waals surface area (Å²) in [4.78, 5) is 11.3. The van der Waals surface area contributed by atoms with E-state index in [1.165, 1.54) is 19.2 Å². The zero-order valence-corrected chi connectivity index (χ0v) is 12.5. The minimum Gasteiger partial charge on any atom is -0.465 e. The van der Waals surface area contributed by atoms with Crippen molar-refractivity contribution in [2.75, 3.05) is 7.11 Å². The van der Waals surface area contributed by atoms with Crippen LogP contribution < -0.4 is 5.32 Å². The lowest BCUT2D eigenvalue weighted by molar-refractivity contribution is -0.137. The van der Waals surface area contributed by atoms with E-state index in [1.807, 2.05) is 0 Å². The van der Waals surface area contributed by atoms with Gasteiger partial charge in [-0.1, -0.05) is 24.3 Å². The number of rotatable bonds is 5. The molecule has 0 heterocycles. The van der Waals surface area contributed by atoms with Gasteiger partial charge in [-0.05, 0) is 35.4 Å². The molecular weight excluding hydrogens is 307 g/mol. The highest BCUT2D eigenvalue weighted by atomic mass is 19.4. The fourth-order valence-electron chi connectivity index (χ4n) is 2.04. The molecular formula is C17H16F3NO2. The first-order chi connectivity index (χ1) is 10.9. The summed E-state index contributed by atoms with van der Waals surface area (Å²) in [6, 6.07) is 12.0. The van der Waals surface area contributed by atoms with Gasteiger partial charge in [0.05, 0.1) is 18.2 Å². The van der Waals surface area contributed by atoms with Gasteiger partial charge < -0.3 is 10.1 Å². The lowest BCUT2D eigenvalue weighted by Gasteiger charge is -2.09. The van der Waals surface area contributed by atoms with Gasteiger partial charge in [0.15, 0.2) is 0 Å². The molecule has 2 aromatic carbocycles. The Balaban J connectivity index is 1.86. The third kappa shape index (κ3) is 4.82. The van der Waals surface area contributed by atoms with Gasteiger partial charge in [-0.25, -0.2) is 4.79 Å². The number of alkyl halides is 3. The first kappa shape index (κ1) is 17.0. The van der Waals surface area contributed by atoms with Crippen LogP contribution in [0.3, 0.4) is 0 Å². The van der Waals surface area contributed by atoms with Crippen LogP contribution in [0, 0.1) is 0 Å². The molecule has 0 aliphatic carbocycles. The zero-order chi connectivity index (χ0) is 16.9. The van der Waals surface area contributed by atoms with E-state index in [-0.39, 0.29) is 0 Å². The van der Waals surface area contributed by atoms with Crippen LogP contribution in [0.25, 0.3) is 0 Å². The van der Waals surface area contributed by atoms with E-state index in [4.69, 9.17) is 0 Å². The Morgan fingerprint density at radius 3 is 1.87 bits per heavy atom. The van der Waals surface area contributed by atoms with Crippen molar-refractivity contribution in [2.45, 2.75) is 19.3 Å². The lowest BCUT2D eigenvalue weighted by Crippen LogP contribution is -2.13. The normalized spacial score (nSPS) is 11.3. The number of carbonyl (C=O) groups excluding carboxylic acids is 1. The Kier molecular flexibility index (Phi) is 5.39. The van der Waals surface area contributed by atoms with E-state index in [0.29, 0.717) is 18.7 Å². The van der Waals surface area contributed by atoms with Crippen molar-refractivity contribution in [3.05, 3.63) is 70.8 Å². The second kappa shape index (κ2) is 7.28. The highest BCUT2D eigenvalue weighted by Crippen LogP contribution is 2.29. The third-order valence-electron chi connectivity index (χ3n) is 3.31. The largest absolute Gasteiger partial charge is 0.465 e. The van der Waals surface area contributed by atoms with Crippen molar-refractivity contribution in [3.8, 4) is 0 Å². The predicted octanol–water partition coefficient (Wildman–Crippen LogP) is 3.78. The smallest absolute Gasteiger partial charge is 0.416 e. The van der Waals surface area contributed by atoms with E-state index in [0.717, 1.165) is 23.3 Å². The van der Waals surface area contributed by atoms with Crippen LogP contribution in [0.5, 0.6) is 0 Å². The zero-order valence-electron chi connectivity index (χ0n) is 12.5. The van der Waals surface area contributed by atoms with E-state index in [1.54, 1.807) is 24.3 Å². The molecule has 3 nitrogen and oxygen atoms in total. The highest BCUT2D eigenvalue weighted by molar-refractivity contribution is 5.89. The molecule has 0 unspecified atom stereocenters. The van der Waals surface area contributed by atoms with Crippen molar-refractivity contribution < 1.29 is 22.7 Å². The van der Waals surface area contributed by atoms with Crippen LogP contribution in [0.15, 0.2) is 48.5 Å². The quantitative estimate of drug-likeness (QED) is 0.851. The lowest BCUT2D eigenvalue weighted by atomic mass is 10.1. The number of nitrogens with one attached hydrogen (secondary N) is 1. The van der Waals surface area contributed by atoms with Crippen LogP contribution in [-0.4, -0.2) is 13.1 Å². The van der Waals surface area contributed by atoms with Gasteiger partial charge in [0, 0.05) is 13.1 Å². The molecule has 0 saturated heterocycles. The molecule has 0 saturated carbocycles. The van der Waals surface area contributed by atoms with E-state index >= 15 is 0 Å².